The van der Waals surface area contributed by atoms with Crippen LogP contribution in [0.2, 0.25) is 0 Å². The molecular formula is C27H21ClO7Sn. The van der Waals surface area contributed by atoms with Gasteiger partial charge in [-0.05, 0) is 12.1 Å². The SMILES string of the molecule is Cl.O=c1c(O)c(-c2ccc(O)cc2O)oc2cc(O)cc(O)c12.c1cc[c]([Sn][c]2ccccc2)cc1. The van der Waals surface area contributed by atoms with Crippen LogP contribution in [0.15, 0.2) is 100 Å². The quantitative estimate of drug-likeness (QED) is 0.197. The number of aromatic hydroxyl groups is 5. The van der Waals surface area contributed by atoms with E-state index >= 15 is 0 Å². The van der Waals surface area contributed by atoms with Crippen molar-refractivity contribution in [1.29, 1.82) is 0 Å². The summed E-state index contributed by atoms with van der Waals surface area (Å²) in [6.45, 7) is 0. The zero-order valence-electron chi connectivity index (χ0n) is 18.6. The Hall–Kier alpha value is -3.82. The van der Waals surface area contributed by atoms with E-state index in [2.05, 4.69) is 60.7 Å². The van der Waals surface area contributed by atoms with Gasteiger partial charge in [0.2, 0.25) is 11.2 Å². The number of phenols is 4. The van der Waals surface area contributed by atoms with Crippen LogP contribution < -0.4 is 12.6 Å². The van der Waals surface area contributed by atoms with Crippen molar-refractivity contribution in [3.05, 3.63) is 101 Å². The topological polar surface area (TPSA) is 131 Å². The third-order valence-electron chi connectivity index (χ3n) is 5.00. The summed E-state index contributed by atoms with van der Waals surface area (Å²) in [5.74, 6) is -2.66. The Morgan fingerprint density at radius 1 is 0.639 bits per heavy atom. The van der Waals surface area contributed by atoms with Gasteiger partial charge in [-0.15, -0.1) is 12.4 Å². The number of fused-ring (bicyclic) bond motifs is 1. The van der Waals surface area contributed by atoms with Crippen molar-refractivity contribution in [2.45, 2.75) is 0 Å². The number of halogens is 1. The standard InChI is InChI=1S/C15H10O7.2C6H5.ClH.Sn/c16-6-1-2-8(9(18)3-6)15-14(21)13(20)12-10(19)4-7(17)5-11(12)22-15;2*1-2-4-6-5-3-1;;/h1-5,16-19,21H;2*1-5H;1H;. The summed E-state index contributed by atoms with van der Waals surface area (Å²) in [6, 6.07) is 27.1. The average Bonchev–Trinajstić information content (AvgIpc) is 2.83. The summed E-state index contributed by atoms with van der Waals surface area (Å²) in [7, 11) is 0. The fraction of sp³-hybridized carbons (Fsp3) is 0. The Kier molecular flexibility index (Phi) is 8.73. The van der Waals surface area contributed by atoms with Crippen molar-refractivity contribution in [3.8, 4) is 40.1 Å². The van der Waals surface area contributed by atoms with E-state index in [9.17, 15) is 30.3 Å². The molecule has 1 aromatic heterocycles. The summed E-state index contributed by atoms with van der Waals surface area (Å²) in [4.78, 5) is 12.2. The van der Waals surface area contributed by atoms with Crippen LogP contribution >= 0.6 is 12.4 Å². The van der Waals surface area contributed by atoms with Gasteiger partial charge in [0.05, 0.1) is 5.56 Å². The molecule has 5 N–H and O–H groups in total. The van der Waals surface area contributed by atoms with Gasteiger partial charge in [0.1, 0.15) is 34.0 Å². The molecule has 0 saturated heterocycles. The molecule has 5 aromatic rings. The molecule has 4 aromatic carbocycles. The van der Waals surface area contributed by atoms with Crippen LogP contribution in [0, 0.1) is 0 Å². The zero-order valence-corrected chi connectivity index (χ0v) is 22.3. The molecule has 2 radical (unpaired) electrons. The number of phenolic OH excluding ortho intramolecular Hbond substituents is 4. The van der Waals surface area contributed by atoms with Crippen LogP contribution in [0.3, 0.4) is 0 Å². The third kappa shape index (κ3) is 6.05. The van der Waals surface area contributed by atoms with Gasteiger partial charge in [0, 0.05) is 18.2 Å². The van der Waals surface area contributed by atoms with Crippen molar-refractivity contribution in [2.75, 3.05) is 0 Å². The first kappa shape index (κ1) is 26.8. The van der Waals surface area contributed by atoms with Gasteiger partial charge in [-0.1, -0.05) is 0 Å². The molecule has 0 spiro atoms. The predicted molar refractivity (Wildman–Crippen MR) is 141 cm³/mol. The van der Waals surface area contributed by atoms with Crippen LogP contribution in [0.25, 0.3) is 22.3 Å². The maximum atomic E-state index is 12.2. The van der Waals surface area contributed by atoms with Gasteiger partial charge < -0.3 is 29.9 Å². The predicted octanol–water partition coefficient (Wildman–Crippen LogP) is 3.75. The number of rotatable bonds is 3. The van der Waals surface area contributed by atoms with Crippen LogP contribution in [0.4, 0.5) is 0 Å². The van der Waals surface area contributed by atoms with Crippen molar-refractivity contribution >= 4 is 51.7 Å². The first-order valence-electron chi connectivity index (χ1n) is 10.4. The third-order valence-corrected chi connectivity index (χ3v) is 8.55. The molecule has 0 atom stereocenters. The molecule has 0 saturated carbocycles. The van der Waals surface area contributed by atoms with Crippen LogP contribution in [0.5, 0.6) is 28.7 Å². The van der Waals surface area contributed by atoms with E-state index in [1.54, 1.807) is 0 Å². The summed E-state index contributed by atoms with van der Waals surface area (Å²) in [5, 5.41) is 47.9. The second-order valence-corrected chi connectivity index (χ2v) is 11.5. The molecule has 9 heteroatoms. The second-order valence-electron chi connectivity index (χ2n) is 7.51. The molecule has 0 amide bonds. The van der Waals surface area contributed by atoms with Crippen molar-refractivity contribution in [2.24, 2.45) is 0 Å². The van der Waals surface area contributed by atoms with Crippen molar-refractivity contribution in [3.63, 3.8) is 0 Å². The Balaban J connectivity index is 0.000000221. The zero-order chi connectivity index (χ0) is 24.9. The molecule has 0 bridgehead atoms. The summed E-state index contributed by atoms with van der Waals surface area (Å²) in [6.07, 6.45) is 0. The van der Waals surface area contributed by atoms with Gasteiger partial charge in [-0.2, -0.15) is 0 Å². The first-order valence-corrected chi connectivity index (χ1v) is 13.3. The Morgan fingerprint density at radius 2 is 1.19 bits per heavy atom. The van der Waals surface area contributed by atoms with E-state index < -0.39 is 43.8 Å². The summed E-state index contributed by atoms with van der Waals surface area (Å²) in [5.41, 5.74) is -1.11. The summed E-state index contributed by atoms with van der Waals surface area (Å²) < 4.78 is 8.41. The average molecular weight is 612 g/mol. The Morgan fingerprint density at radius 3 is 1.75 bits per heavy atom. The minimum absolute atomic E-state index is 0. The van der Waals surface area contributed by atoms with Gasteiger partial charge in [-0.25, -0.2) is 0 Å². The second kappa shape index (κ2) is 11.7. The molecule has 7 nitrogen and oxygen atoms in total. The van der Waals surface area contributed by atoms with E-state index in [4.69, 9.17) is 4.42 Å². The number of hydrogen-bond acceptors (Lipinski definition) is 7. The molecule has 0 aliphatic carbocycles. The van der Waals surface area contributed by atoms with Crippen molar-refractivity contribution in [1.82, 2.24) is 0 Å². The van der Waals surface area contributed by atoms with Crippen LogP contribution in [-0.2, 0) is 0 Å². The van der Waals surface area contributed by atoms with E-state index in [1.165, 1.54) is 19.3 Å². The van der Waals surface area contributed by atoms with Gasteiger partial charge in [-0.3, -0.25) is 4.79 Å². The normalized spacial score (nSPS) is 10.2. The minimum atomic E-state index is -0.916. The number of hydrogen-bond donors (Lipinski definition) is 5. The van der Waals surface area contributed by atoms with E-state index in [-0.39, 0.29) is 46.2 Å². The molecule has 0 aliphatic heterocycles. The van der Waals surface area contributed by atoms with Crippen LogP contribution in [-0.4, -0.2) is 46.7 Å². The van der Waals surface area contributed by atoms with E-state index in [0.717, 1.165) is 18.2 Å². The summed E-state index contributed by atoms with van der Waals surface area (Å²) >= 11 is -0.517. The van der Waals surface area contributed by atoms with Gasteiger partial charge in [0.25, 0.3) is 0 Å². The van der Waals surface area contributed by atoms with Crippen LogP contribution in [0.1, 0.15) is 0 Å². The molecule has 1 heterocycles. The monoisotopic (exact) mass is 612 g/mol. The molecule has 36 heavy (non-hydrogen) atoms. The Labute approximate surface area is 222 Å². The number of benzene rings is 4. The van der Waals surface area contributed by atoms with Crippen molar-refractivity contribution < 1.29 is 29.9 Å². The molecule has 182 valence electrons. The Bertz CT molecular complexity index is 1500. The molecule has 0 unspecified atom stereocenters. The molecule has 0 aliphatic rings. The fourth-order valence-electron chi connectivity index (χ4n) is 3.38. The fourth-order valence-corrected chi connectivity index (χ4v) is 6.38. The van der Waals surface area contributed by atoms with Gasteiger partial charge >= 0.3 is 89.0 Å². The molecule has 5 rings (SSSR count). The van der Waals surface area contributed by atoms with Gasteiger partial charge in [0.15, 0.2) is 5.76 Å². The molecule has 0 fully saturated rings. The van der Waals surface area contributed by atoms with E-state index in [1.807, 2.05) is 0 Å². The molecular weight excluding hydrogens is 590 g/mol. The van der Waals surface area contributed by atoms with E-state index in [0.29, 0.717) is 0 Å². The maximum absolute atomic E-state index is 12.2. The first-order chi connectivity index (χ1) is 16.8.